The standard InChI is InChI=1S/C28H34FIN4O5/c1-16(2)25(33-28(38)23-12-17(3)39-34-23)24(35)15-20(13-18-4-6-21(29)7-5-18)27(37)32-22(8-10-30)14-19-9-11-31-26(19)36/h4-8,10,12,16,19-20,22,25H,9,11,13-15H2,1-3H3,(H,31,36)(H,32,37)(H,33,38)/b10-8+. The molecule has 1 aromatic heterocycles. The molecule has 1 aliphatic heterocycles. The van der Waals surface area contributed by atoms with Gasteiger partial charge in [-0.25, -0.2) is 4.39 Å². The van der Waals surface area contributed by atoms with E-state index in [-0.39, 0.29) is 48.0 Å². The molecular weight excluding hydrogens is 618 g/mol. The number of benzene rings is 1. The second kappa shape index (κ2) is 14.3. The minimum Gasteiger partial charge on any atom is -0.361 e. The molecule has 39 heavy (non-hydrogen) atoms. The molecule has 4 atom stereocenters. The monoisotopic (exact) mass is 652 g/mol. The smallest absolute Gasteiger partial charge is 0.274 e. The van der Waals surface area contributed by atoms with E-state index in [0.717, 1.165) is 0 Å². The Morgan fingerprint density at radius 1 is 1.23 bits per heavy atom. The van der Waals surface area contributed by atoms with Gasteiger partial charge in [0.1, 0.15) is 11.6 Å². The Kier molecular flexibility index (Phi) is 11.2. The van der Waals surface area contributed by atoms with Gasteiger partial charge in [-0.15, -0.1) is 0 Å². The first-order valence-corrected chi connectivity index (χ1v) is 14.2. The lowest BCUT2D eigenvalue weighted by molar-refractivity contribution is -0.131. The van der Waals surface area contributed by atoms with E-state index in [1.54, 1.807) is 37.0 Å². The maximum Gasteiger partial charge on any atom is 0.274 e. The number of aromatic nitrogens is 1. The van der Waals surface area contributed by atoms with Crippen LogP contribution >= 0.6 is 22.6 Å². The van der Waals surface area contributed by atoms with Gasteiger partial charge in [-0.1, -0.05) is 59.8 Å². The van der Waals surface area contributed by atoms with E-state index in [1.807, 2.05) is 6.08 Å². The molecule has 2 aromatic rings. The third-order valence-corrected chi connectivity index (χ3v) is 7.12. The molecule has 1 saturated heterocycles. The maximum absolute atomic E-state index is 13.5. The first-order valence-electron chi connectivity index (χ1n) is 12.9. The van der Waals surface area contributed by atoms with Gasteiger partial charge in [-0.05, 0) is 53.9 Å². The summed E-state index contributed by atoms with van der Waals surface area (Å²) in [6, 6.07) is 6.01. The van der Waals surface area contributed by atoms with Crippen LogP contribution in [0, 0.1) is 30.5 Å². The van der Waals surface area contributed by atoms with Gasteiger partial charge in [-0.2, -0.15) is 0 Å². The largest absolute Gasteiger partial charge is 0.361 e. The van der Waals surface area contributed by atoms with Crippen molar-refractivity contribution in [2.45, 2.75) is 58.5 Å². The Labute approximate surface area is 240 Å². The number of carbonyl (C=O) groups is 4. The predicted molar refractivity (Wildman–Crippen MR) is 151 cm³/mol. The second-order valence-electron chi connectivity index (χ2n) is 10.2. The maximum atomic E-state index is 13.5. The molecule has 0 spiro atoms. The van der Waals surface area contributed by atoms with Crippen molar-refractivity contribution >= 4 is 46.1 Å². The number of amides is 3. The van der Waals surface area contributed by atoms with E-state index in [4.69, 9.17) is 4.52 Å². The summed E-state index contributed by atoms with van der Waals surface area (Å²) in [7, 11) is 0. The zero-order chi connectivity index (χ0) is 28.5. The molecule has 3 rings (SSSR count). The number of carbonyl (C=O) groups excluding carboxylic acids is 4. The van der Waals surface area contributed by atoms with Gasteiger partial charge < -0.3 is 20.5 Å². The zero-order valence-corrected chi connectivity index (χ0v) is 24.4. The van der Waals surface area contributed by atoms with E-state index in [0.29, 0.717) is 30.7 Å². The third kappa shape index (κ3) is 8.97. The van der Waals surface area contributed by atoms with E-state index in [1.165, 1.54) is 18.2 Å². The summed E-state index contributed by atoms with van der Waals surface area (Å²) in [6.45, 7) is 5.88. The normalized spacial score (nSPS) is 17.6. The van der Waals surface area contributed by atoms with Crippen LogP contribution < -0.4 is 16.0 Å². The quantitative estimate of drug-likeness (QED) is 0.284. The van der Waals surface area contributed by atoms with Crippen LogP contribution in [0.5, 0.6) is 0 Å². The summed E-state index contributed by atoms with van der Waals surface area (Å²) in [5.41, 5.74) is 0.764. The Bertz CT molecular complexity index is 1200. The van der Waals surface area contributed by atoms with Crippen molar-refractivity contribution < 1.29 is 28.1 Å². The number of aryl methyl sites for hydroxylation is 1. The molecule has 1 aromatic carbocycles. The molecule has 3 N–H and O–H groups in total. The minimum atomic E-state index is -0.856. The van der Waals surface area contributed by atoms with Crippen molar-refractivity contribution in [3.05, 3.63) is 63.3 Å². The van der Waals surface area contributed by atoms with Crippen molar-refractivity contribution in [3.63, 3.8) is 0 Å². The molecule has 11 heteroatoms. The first kappa shape index (κ1) is 30.5. The van der Waals surface area contributed by atoms with Crippen molar-refractivity contribution in [2.75, 3.05) is 6.54 Å². The molecule has 4 unspecified atom stereocenters. The summed E-state index contributed by atoms with van der Waals surface area (Å²) in [6.07, 6.45) is 3.00. The van der Waals surface area contributed by atoms with E-state index < -0.39 is 29.7 Å². The van der Waals surface area contributed by atoms with Crippen molar-refractivity contribution in [1.82, 2.24) is 21.1 Å². The number of Topliss-reactive ketones (excluding diaryl/α,β-unsaturated/α-hetero) is 1. The lowest BCUT2D eigenvalue weighted by Crippen LogP contribution is -2.47. The Morgan fingerprint density at radius 2 is 1.95 bits per heavy atom. The lowest BCUT2D eigenvalue weighted by Gasteiger charge is -2.25. The van der Waals surface area contributed by atoms with Gasteiger partial charge >= 0.3 is 0 Å². The van der Waals surface area contributed by atoms with E-state index >= 15 is 0 Å². The Balaban J connectivity index is 1.77. The average Bonchev–Trinajstić information content (AvgIpc) is 3.50. The van der Waals surface area contributed by atoms with Crippen LogP contribution in [0.4, 0.5) is 4.39 Å². The van der Waals surface area contributed by atoms with Crippen LogP contribution in [0.25, 0.3) is 0 Å². The molecule has 1 fully saturated rings. The molecule has 0 radical (unpaired) electrons. The number of hydrogen-bond acceptors (Lipinski definition) is 6. The summed E-state index contributed by atoms with van der Waals surface area (Å²) >= 11 is 2.06. The van der Waals surface area contributed by atoms with E-state index in [9.17, 15) is 23.6 Å². The average molecular weight is 653 g/mol. The number of rotatable bonds is 13. The highest BCUT2D eigenvalue weighted by molar-refractivity contribution is 14.1. The molecule has 3 amide bonds. The van der Waals surface area contributed by atoms with Crippen LogP contribution in [-0.4, -0.2) is 47.3 Å². The van der Waals surface area contributed by atoms with Crippen molar-refractivity contribution in [1.29, 1.82) is 0 Å². The molecule has 210 valence electrons. The number of hydrogen-bond donors (Lipinski definition) is 3. The fourth-order valence-electron chi connectivity index (χ4n) is 4.59. The number of nitrogens with one attached hydrogen (secondary N) is 3. The fraction of sp³-hybridized carbons (Fsp3) is 0.464. The van der Waals surface area contributed by atoms with Gasteiger partial charge in [0.05, 0.1) is 6.04 Å². The SMILES string of the molecule is Cc1cc(C(=O)NC(C(=O)CC(Cc2ccc(F)cc2)C(=O)NC(/C=C/I)CC2CCNC2=O)C(C)C)no1. The van der Waals surface area contributed by atoms with Crippen LogP contribution in [-0.2, 0) is 20.8 Å². The first-order chi connectivity index (χ1) is 18.6. The molecule has 9 nitrogen and oxygen atoms in total. The van der Waals surface area contributed by atoms with Gasteiger partial charge in [0.2, 0.25) is 11.8 Å². The molecular formula is C28H34FIN4O5. The van der Waals surface area contributed by atoms with Gasteiger partial charge in [0, 0.05) is 36.9 Å². The van der Waals surface area contributed by atoms with Crippen LogP contribution in [0.3, 0.4) is 0 Å². The third-order valence-electron chi connectivity index (χ3n) is 6.71. The van der Waals surface area contributed by atoms with Gasteiger partial charge in [0.25, 0.3) is 5.91 Å². The van der Waals surface area contributed by atoms with E-state index in [2.05, 4.69) is 43.7 Å². The van der Waals surface area contributed by atoms with Gasteiger partial charge in [0.15, 0.2) is 11.5 Å². The fourth-order valence-corrected chi connectivity index (χ4v) is 5.09. The number of halogens is 2. The summed E-state index contributed by atoms with van der Waals surface area (Å²) in [5.74, 6) is -2.41. The lowest BCUT2D eigenvalue weighted by atomic mass is 9.88. The highest BCUT2D eigenvalue weighted by atomic mass is 127. The van der Waals surface area contributed by atoms with Gasteiger partial charge in [-0.3, -0.25) is 19.2 Å². The van der Waals surface area contributed by atoms with Crippen molar-refractivity contribution in [2.24, 2.45) is 17.8 Å². The highest BCUT2D eigenvalue weighted by Gasteiger charge is 2.32. The topological polar surface area (TPSA) is 130 Å². The van der Waals surface area contributed by atoms with Crippen LogP contribution in [0.2, 0.25) is 0 Å². The van der Waals surface area contributed by atoms with Crippen LogP contribution in [0.15, 0.2) is 45.0 Å². The molecule has 0 saturated carbocycles. The molecule has 0 aliphatic carbocycles. The number of ketones is 1. The summed E-state index contributed by atoms with van der Waals surface area (Å²) in [4.78, 5) is 51.8. The van der Waals surface area contributed by atoms with Crippen LogP contribution in [0.1, 0.15) is 54.9 Å². The molecule has 0 bridgehead atoms. The second-order valence-corrected chi connectivity index (χ2v) is 10.9. The Morgan fingerprint density at radius 3 is 2.51 bits per heavy atom. The summed E-state index contributed by atoms with van der Waals surface area (Å²) in [5, 5.41) is 12.2. The zero-order valence-electron chi connectivity index (χ0n) is 22.2. The minimum absolute atomic E-state index is 0.0352. The summed E-state index contributed by atoms with van der Waals surface area (Å²) < 4.78 is 20.3. The molecule has 2 heterocycles. The predicted octanol–water partition coefficient (Wildman–Crippen LogP) is 3.65. The highest BCUT2D eigenvalue weighted by Crippen LogP contribution is 2.21. The number of nitrogens with zero attached hydrogens (tertiary/aromatic N) is 1. The molecule has 1 aliphatic rings. The van der Waals surface area contributed by atoms with Crippen molar-refractivity contribution in [3.8, 4) is 0 Å². The Hall–Kier alpha value is -3.09.